The number of nitrogens with one attached hydrogen (secondary N) is 1. The van der Waals surface area contributed by atoms with Crippen LogP contribution in [0, 0.1) is 0 Å². The molecule has 10 heteroatoms. The standard InChI is InChI=1S/C22H26ClN7O2/c1-2-29-19(7-9-25-29)21(31)24-11-18-20-13-32-22(15-30(20)27-26-18)8-10-28(14-22)12-16-3-5-17(23)6-4-16/h3-7,9H,2,8,10-15H2,1H3,(H,24,31). The number of rotatable bonds is 6. The summed E-state index contributed by atoms with van der Waals surface area (Å²) in [4.78, 5) is 14.9. The van der Waals surface area contributed by atoms with Gasteiger partial charge in [0.1, 0.15) is 17.0 Å². The molecule has 0 aliphatic carbocycles. The molecule has 1 amide bonds. The van der Waals surface area contributed by atoms with Crippen molar-refractivity contribution in [1.29, 1.82) is 0 Å². The maximum Gasteiger partial charge on any atom is 0.269 e. The van der Waals surface area contributed by atoms with Gasteiger partial charge in [0, 0.05) is 37.4 Å². The summed E-state index contributed by atoms with van der Waals surface area (Å²) in [6.07, 6.45) is 2.58. The summed E-state index contributed by atoms with van der Waals surface area (Å²) in [6.45, 7) is 6.71. The van der Waals surface area contributed by atoms with Crippen LogP contribution in [0.5, 0.6) is 0 Å². The van der Waals surface area contributed by atoms with Crippen LogP contribution in [0.3, 0.4) is 0 Å². The number of carbonyl (C=O) groups is 1. The number of amides is 1. The first-order chi connectivity index (χ1) is 15.5. The monoisotopic (exact) mass is 455 g/mol. The van der Waals surface area contributed by atoms with Crippen LogP contribution in [-0.4, -0.2) is 54.3 Å². The predicted molar refractivity (Wildman–Crippen MR) is 118 cm³/mol. The van der Waals surface area contributed by atoms with Crippen molar-refractivity contribution < 1.29 is 9.53 Å². The second kappa shape index (κ2) is 8.65. The Hall–Kier alpha value is -2.75. The molecule has 0 saturated carbocycles. The smallest absolute Gasteiger partial charge is 0.269 e. The van der Waals surface area contributed by atoms with E-state index in [1.165, 1.54) is 5.56 Å². The van der Waals surface area contributed by atoms with Crippen LogP contribution in [-0.2, 0) is 37.5 Å². The fourth-order valence-electron chi connectivity index (χ4n) is 4.52. The van der Waals surface area contributed by atoms with Crippen LogP contribution < -0.4 is 5.32 Å². The topological polar surface area (TPSA) is 90.1 Å². The van der Waals surface area contributed by atoms with E-state index in [-0.39, 0.29) is 11.5 Å². The Morgan fingerprint density at radius 3 is 2.91 bits per heavy atom. The van der Waals surface area contributed by atoms with E-state index in [1.807, 2.05) is 23.7 Å². The lowest BCUT2D eigenvalue weighted by atomic mass is 10.0. The fraction of sp³-hybridized carbons (Fsp3) is 0.455. The highest BCUT2D eigenvalue weighted by Crippen LogP contribution is 2.33. The zero-order valence-electron chi connectivity index (χ0n) is 18.0. The van der Waals surface area contributed by atoms with Crippen LogP contribution in [0.1, 0.15) is 40.8 Å². The number of likely N-dealkylation sites (tertiary alicyclic amines) is 1. The minimum atomic E-state index is -0.249. The molecule has 1 fully saturated rings. The molecule has 1 spiro atoms. The van der Waals surface area contributed by atoms with Crippen molar-refractivity contribution in [2.75, 3.05) is 13.1 Å². The Bertz CT molecular complexity index is 1110. The van der Waals surface area contributed by atoms with Gasteiger partial charge in [-0.2, -0.15) is 5.10 Å². The quantitative estimate of drug-likeness (QED) is 0.613. The highest BCUT2D eigenvalue weighted by molar-refractivity contribution is 6.30. The van der Waals surface area contributed by atoms with Crippen molar-refractivity contribution in [3.8, 4) is 0 Å². The molecule has 9 nitrogen and oxygen atoms in total. The van der Waals surface area contributed by atoms with Gasteiger partial charge < -0.3 is 10.1 Å². The van der Waals surface area contributed by atoms with Crippen molar-refractivity contribution >= 4 is 17.5 Å². The van der Waals surface area contributed by atoms with E-state index in [2.05, 4.69) is 37.8 Å². The number of fused-ring (bicyclic) bond motifs is 1. The van der Waals surface area contributed by atoms with Crippen LogP contribution >= 0.6 is 11.6 Å². The summed E-state index contributed by atoms with van der Waals surface area (Å²) < 4.78 is 9.97. The first-order valence-corrected chi connectivity index (χ1v) is 11.2. The minimum Gasteiger partial charge on any atom is -0.365 e. The minimum absolute atomic E-state index is 0.173. The SMILES string of the molecule is CCn1nccc1C(=O)NCc1nnn2c1COC1(CCN(Cc3ccc(Cl)cc3)C1)C2. The number of ether oxygens (including phenoxy) is 1. The molecule has 2 aliphatic rings. The summed E-state index contributed by atoms with van der Waals surface area (Å²) in [5.74, 6) is -0.173. The van der Waals surface area contributed by atoms with Gasteiger partial charge in [-0.15, -0.1) is 5.10 Å². The van der Waals surface area contributed by atoms with Crippen molar-refractivity contribution in [2.45, 2.75) is 51.7 Å². The number of benzene rings is 1. The van der Waals surface area contributed by atoms with Crippen LogP contribution in [0.4, 0.5) is 0 Å². The summed E-state index contributed by atoms with van der Waals surface area (Å²) in [7, 11) is 0. The summed E-state index contributed by atoms with van der Waals surface area (Å²) in [6, 6.07) is 9.70. The zero-order valence-corrected chi connectivity index (χ0v) is 18.8. The maximum atomic E-state index is 12.5. The van der Waals surface area contributed by atoms with Crippen molar-refractivity contribution in [1.82, 2.24) is 35.0 Å². The number of carbonyl (C=O) groups excluding carboxylic acids is 1. The lowest BCUT2D eigenvalue weighted by molar-refractivity contribution is -0.0845. The van der Waals surface area contributed by atoms with E-state index in [1.54, 1.807) is 16.9 Å². The number of aryl methyl sites for hydroxylation is 1. The van der Waals surface area contributed by atoms with Gasteiger partial charge >= 0.3 is 0 Å². The molecule has 0 radical (unpaired) electrons. The molecule has 2 aliphatic heterocycles. The van der Waals surface area contributed by atoms with Crippen molar-refractivity contribution in [2.24, 2.45) is 0 Å². The molecule has 3 aromatic rings. The molecule has 1 saturated heterocycles. The number of hydrogen-bond acceptors (Lipinski definition) is 6. The van der Waals surface area contributed by atoms with Gasteiger partial charge in [0.05, 0.1) is 25.4 Å². The normalized spacial score (nSPS) is 20.6. The molecule has 0 bridgehead atoms. The molecule has 1 atom stereocenters. The second-order valence-electron chi connectivity index (χ2n) is 8.41. The molecule has 1 N–H and O–H groups in total. The molecule has 32 heavy (non-hydrogen) atoms. The zero-order chi connectivity index (χ0) is 22.1. The van der Waals surface area contributed by atoms with Crippen molar-refractivity contribution in [3.63, 3.8) is 0 Å². The third kappa shape index (κ3) is 4.15. The Morgan fingerprint density at radius 2 is 2.09 bits per heavy atom. The summed E-state index contributed by atoms with van der Waals surface area (Å²) in [5.41, 5.74) is 3.20. The van der Waals surface area contributed by atoms with E-state index >= 15 is 0 Å². The Labute approximate surface area is 191 Å². The first kappa shape index (κ1) is 21.1. The van der Waals surface area contributed by atoms with Crippen LogP contribution in [0.25, 0.3) is 0 Å². The molecular weight excluding hydrogens is 430 g/mol. The number of hydrogen-bond donors (Lipinski definition) is 1. The molecule has 5 rings (SSSR count). The molecule has 168 valence electrons. The fourth-order valence-corrected chi connectivity index (χ4v) is 4.65. The van der Waals surface area contributed by atoms with Gasteiger partial charge in [-0.25, -0.2) is 4.68 Å². The Morgan fingerprint density at radius 1 is 1.25 bits per heavy atom. The number of aromatic nitrogens is 5. The molecule has 2 aromatic heterocycles. The van der Waals surface area contributed by atoms with Crippen LogP contribution in [0.15, 0.2) is 36.5 Å². The van der Waals surface area contributed by atoms with E-state index in [4.69, 9.17) is 16.3 Å². The lowest BCUT2D eigenvalue weighted by Crippen LogP contribution is -2.44. The number of nitrogens with zero attached hydrogens (tertiary/aromatic N) is 6. The van der Waals surface area contributed by atoms with Gasteiger partial charge in [0.15, 0.2) is 0 Å². The summed E-state index contributed by atoms with van der Waals surface area (Å²) >= 11 is 6.00. The maximum absolute atomic E-state index is 12.5. The molecule has 4 heterocycles. The van der Waals surface area contributed by atoms with Gasteiger partial charge in [0.2, 0.25) is 0 Å². The molecule has 1 aromatic carbocycles. The average molecular weight is 456 g/mol. The molecule has 1 unspecified atom stereocenters. The second-order valence-corrected chi connectivity index (χ2v) is 8.85. The van der Waals surface area contributed by atoms with Gasteiger partial charge in [-0.3, -0.25) is 14.4 Å². The van der Waals surface area contributed by atoms with E-state index in [0.717, 1.165) is 42.5 Å². The lowest BCUT2D eigenvalue weighted by Gasteiger charge is -2.34. The number of halogens is 1. The predicted octanol–water partition coefficient (Wildman–Crippen LogP) is 2.25. The van der Waals surface area contributed by atoms with E-state index in [9.17, 15) is 4.79 Å². The Balaban J connectivity index is 1.20. The Kier molecular flexibility index (Phi) is 5.71. The van der Waals surface area contributed by atoms with Crippen molar-refractivity contribution in [3.05, 3.63) is 64.2 Å². The highest BCUT2D eigenvalue weighted by atomic mass is 35.5. The molecular formula is C22H26ClN7O2. The largest absolute Gasteiger partial charge is 0.365 e. The highest BCUT2D eigenvalue weighted by Gasteiger charge is 2.43. The summed E-state index contributed by atoms with van der Waals surface area (Å²) in [5, 5.41) is 16.5. The van der Waals surface area contributed by atoms with E-state index < -0.39 is 0 Å². The third-order valence-electron chi connectivity index (χ3n) is 6.25. The average Bonchev–Trinajstić information content (AvgIpc) is 3.52. The van der Waals surface area contributed by atoms with Gasteiger partial charge in [-0.1, -0.05) is 28.9 Å². The van der Waals surface area contributed by atoms with Gasteiger partial charge in [0.25, 0.3) is 5.91 Å². The first-order valence-electron chi connectivity index (χ1n) is 10.9. The van der Waals surface area contributed by atoms with Gasteiger partial charge in [-0.05, 0) is 37.1 Å². The van der Waals surface area contributed by atoms with E-state index in [0.29, 0.717) is 31.9 Å². The van der Waals surface area contributed by atoms with Crippen LogP contribution in [0.2, 0.25) is 5.02 Å². The third-order valence-corrected chi connectivity index (χ3v) is 6.50.